The largest absolute Gasteiger partial charge is 0.485 e. The van der Waals surface area contributed by atoms with Gasteiger partial charge >= 0.3 is 0 Å². The molecule has 1 heterocycles. The Morgan fingerprint density at radius 3 is 2.70 bits per heavy atom. The maximum Gasteiger partial charge on any atom is 0.276 e. The molecule has 1 aromatic heterocycles. The second-order valence-corrected chi connectivity index (χ2v) is 4.35. The molecule has 2 aromatic rings. The number of rotatable bonds is 5. The van der Waals surface area contributed by atoms with Crippen molar-refractivity contribution in [3.8, 4) is 5.75 Å². The number of nitro groups is 1. The van der Waals surface area contributed by atoms with Crippen LogP contribution in [0.5, 0.6) is 5.75 Å². The molecule has 0 aliphatic heterocycles. The van der Waals surface area contributed by atoms with Gasteiger partial charge in [-0.2, -0.15) is 0 Å². The van der Waals surface area contributed by atoms with E-state index in [0.717, 1.165) is 5.56 Å². The molecule has 6 heteroatoms. The summed E-state index contributed by atoms with van der Waals surface area (Å²) < 4.78 is 10.3. The molecule has 2 rings (SSSR count). The van der Waals surface area contributed by atoms with Crippen LogP contribution in [0.3, 0.4) is 0 Å². The third kappa shape index (κ3) is 2.85. The fourth-order valence-electron chi connectivity index (χ4n) is 1.83. The van der Waals surface area contributed by atoms with Crippen LogP contribution in [0.4, 0.5) is 5.69 Å². The molecule has 0 aliphatic carbocycles. The lowest BCUT2D eigenvalue weighted by Crippen LogP contribution is -2.11. The first-order valence-corrected chi connectivity index (χ1v) is 5.94. The van der Waals surface area contributed by atoms with Crippen molar-refractivity contribution in [1.82, 2.24) is 0 Å². The van der Waals surface area contributed by atoms with Crippen LogP contribution in [-0.2, 0) is 0 Å². The van der Waals surface area contributed by atoms with Crippen molar-refractivity contribution in [2.24, 2.45) is 0 Å². The van der Waals surface area contributed by atoms with E-state index in [-0.39, 0.29) is 23.8 Å². The number of carbonyl (C=O) groups excluding carboxylic acids is 1. The predicted octanol–water partition coefficient (Wildman–Crippen LogP) is 3.07. The van der Waals surface area contributed by atoms with E-state index in [9.17, 15) is 14.9 Å². The van der Waals surface area contributed by atoms with Crippen molar-refractivity contribution in [1.29, 1.82) is 0 Å². The lowest BCUT2D eigenvalue weighted by atomic mass is 10.1. The standard InChI is InChI=1S/C14H13NO5/c1-9-6-10(2)14(7-11(9)15(17)18)20-8-12(16)13-4-3-5-19-13/h3-7H,8H2,1-2H3. The minimum Gasteiger partial charge on any atom is -0.485 e. The van der Waals surface area contributed by atoms with Gasteiger partial charge in [0.1, 0.15) is 5.75 Å². The van der Waals surface area contributed by atoms with Gasteiger partial charge in [0.15, 0.2) is 12.4 Å². The Kier molecular flexibility index (Phi) is 3.84. The van der Waals surface area contributed by atoms with Crippen LogP contribution in [-0.4, -0.2) is 17.3 Å². The number of Topliss-reactive ketones (excluding diaryl/α,β-unsaturated/α-hetero) is 1. The quantitative estimate of drug-likeness (QED) is 0.475. The molecule has 20 heavy (non-hydrogen) atoms. The summed E-state index contributed by atoms with van der Waals surface area (Å²) in [4.78, 5) is 22.1. The van der Waals surface area contributed by atoms with Crippen molar-refractivity contribution in [2.75, 3.05) is 6.61 Å². The number of ether oxygens (including phenoxy) is 1. The minimum atomic E-state index is -0.476. The molecule has 0 unspecified atom stereocenters. The molecule has 0 bridgehead atoms. The van der Waals surface area contributed by atoms with E-state index in [0.29, 0.717) is 11.3 Å². The van der Waals surface area contributed by atoms with E-state index in [1.165, 1.54) is 18.4 Å². The van der Waals surface area contributed by atoms with Gasteiger partial charge in [-0.15, -0.1) is 0 Å². The number of hydrogen-bond donors (Lipinski definition) is 0. The molecule has 0 aliphatic rings. The van der Waals surface area contributed by atoms with Gasteiger partial charge in [-0.3, -0.25) is 14.9 Å². The van der Waals surface area contributed by atoms with Gasteiger partial charge in [0.25, 0.3) is 5.69 Å². The van der Waals surface area contributed by atoms with Crippen LogP contribution in [0.1, 0.15) is 21.7 Å². The highest BCUT2D eigenvalue weighted by molar-refractivity contribution is 5.94. The fraction of sp³-hybridized carbons (Fsp3) is 0.214. The number of hydrogen-bond acceptors (Lipinski definition) is 5. The van der Waals surface area contributed by atoms with Crippen molar-refractivity contribution in [2.45, 2.75) is 13.8 Å². The van der Waals surface area contributed by atoms with Gasteiger partial charge in [0.2, 0.25) is 5.78 Å². The van der Waals surface area contributed by atoms with Crippen LogP contribution in [0, 0.1) is 24.0 Å². The Morgan fingerprint density at radius 2 is 2.10 bits per heavy atom. The summed E-state index contributed by atoms with van der Waals surface area (Å²) in [6, 6.07) is 6.14. The summed E-state index contributed by atoms with van der Waals surface area (Å²) in [5.74, 6) is 0.198. The van der Waals surface area contributed by atoms with Gasteiger partial charge in [0.05, 0.1) is 17.3 Å². The van der Waals surface area contributed by atoms with E-state index in [4.69, 9.17) is 9.15 Å². The third-order valence-electron chi connectivity index (χ3n) is 2.84. The molecule has 0 saturated heterocycles. The molecule has 0 spiro atoms. The van der Waals surface area contributed by atoms with Crippen molar-refractivity contribution >= 4 is 11.5 Å². The first-order valence-electron chi connectivity index (χ1n) is 5.94. The topological polar surface area (TPSA) is 82.6 Å². The zero-order chi connectivity index (χ0) is 14.7. The van der Waals surface area contributed by atoms with Crippen LogP contribution in [0.25, 0.3) is 0 Å². The SMILES string of the molecule is Cc1cc(C)c([N+](=O)[O-])cc1OCC(=O)c1ccco1. The van der Waals surface area contributed by atoms with E-state index in [1.54, 1.807) is 26.0 Å². The highest BCUT2D eigenvalue weighted by atomic mass is 16.6. The lowest BCUT2D eigenvalue weighted by molar-refractivity contribution is -0.385. The molecule has 0 saturated carbocycles. The average Bonchev–Trinajstić information content (AvgIpc) is 2.90. The second-order valence-electron chi connectivity index (χ2n) is 4.35. The van der Waals surface area contributed by atoms with Crippen molar-refractivity contribution in [3.05, 3.63) is 57.5 Å². The Balaban J connectivity index is 2.15. The summed E-state index contributed by atoms with van der Waals surface area (Å²) in [5.41, 5.74) is 1.26. The molecule has 0 N–H and O–H groups in total. The molecule has 6 nitrogen and oxygen atoms in total. The molecule has 0 fully saturated rings. The Hall–Kier alpha value is -2.63. The normalized spacial score (nSPS) is 10.3. The minimum absolute atomic E-state index is 0.0314. The lowest BCUT2D eigenvalue weighted by Gasteiger charge is -2.09. The molecule has 104 valence electrons. The highest BCUT2D eigenvalue weighted by Gasteiger charge is 2.16. The second kappa shape index (κ2) is 5.56. The highest BCUT2D eigenvalue weighted by Crippen LogP contribution is 2.28. The Morgan fingerprint density at radius 1 is 1.35 bits per heavy atom. The van der Waals surface area contributed by atoms with Gasteiger partial charge in [0, 0.05) is 5.56 Å². The molecule has 1 aromatic carbocycles. The van der Waals surface area contributed by atoms with Gasteiger partial charge in [-0.25, -0.2) is 0 Å². The molecule has 0 atom stereocenters. The number of aryl methyl sites for hydroxylation is 2. The van der Waals surface area contributed by atoms with Crippen LogP contribution < -0.4 is 4.74 Å². The first-order chi connectivity index (χ1) is 9.49. The van der Waals surface area contributed by atoms with Gasteiger partial charge < -0.3 is 9.15 Å². The molecule has 0 amide bonds. The summed E-state index contributed by atoms with van der Waals surface area (Å²) in [6.07, 6.45) is 1.40. The Bertz CT molecular complexity index is 646. The summed E-state index contributed by atoms with van der Waals surface area (Å²) in [6.45, 7) is 3.20. The molecular formula is C14H13NO5. The van der Waals surface area contributed by atoms with Crippen molar-refractivity contribution < 1.29 is 18.9 Å². The van der Waals surface area contributed by atoms with Crippen LogP contribution in [0.15, 0.2) is 34.9 Å². The number of carbonyl (C=O) groups is 1. The first kappa shape index (κ1) is 13.8. The number of ketones is 1. The van der Waals surface area contributed by atoms with E-state index < -0.39 is 4.92 Å². The summed E-state index contributed by atoms with van der Waals surface area (Å²) in [5, 5.41) is 10.9. The van der Waals surface area contributed by atoms with Gasteiger partial charge in [-0.05, 0) is 37.6 Å². The van der Waals surface area contributed by atoms with Gasteiger partial charge in [-0.1, -0.05) is 0 Å². The summed E-state index contributed by atoms with van der Waals surface area (Å²) in [7, 11) is 0. The fourth-order valence-corrected chi connectivity index (χ4v) is 1.83. The van der Waals surface area contributed by atoms with E-state index in [2.05, 4.69) is 0 Å². The maximum atomic E-state index is 11.7. The van der Waals surface area contributed by atoms with Crippen molar-refractivity contribution in [3.63, 3.8) is 0 Å². The Labute approximate surface area is 115 Å². The monoisotopic (exact) mass is 275 g/mol. The van der Waals surface area contributed by atoms with E-state index >= 15 is 0 Å². The van der Waals surface area contributed by atoms with E-state index in [1.807, 2.05) is 0 Å². The third-order valence-corrected chi connectivity index (χ3v) is 2.84. The number of nitro benzene ring substituents is 1. The average molecular weight is 275 g/mol. The zero-order valence-corrected chi connectivity index (χ0v) is 11.1. The molecular weight excluding hydrogens is 262 g/mol. The zero-order valence-electron chi connectivity index (χ0n) is 11.1. The summed E-state index contributed by atoms with van der Waals surface area (Å²) >= 11 is 0. The van der Waals surface area contributed by atoms with Crippen LogP contribution in [0.2, 0.25) is 0 Å². The number of furan rings is 1. The number of nitrogens with zero attached hydrogens (tertiary/aromatic N) is 1. The number of benzene rings is 1. The molecule has 0 radical (unpaired) electrons. The maximum absolute atomic E-state index is 11.7. The smallest absolute Gasteiger partial charge is 0.276 e. The van der Waals surface area contributed by atoms with Crippen LogP contribution >= 0.6 is 0 Å². The predicted molar refractivity (Wildman–Crippen MR) is 71.1 cm³/mol.